The van der Waals surface area contributed by atoms with E-state index in [0.717, 1.165) is 17.1 Å². The zero-order valence-corrected chi connectivity index (χ0v) is 24.0. The predicted octanol–water partition coefficient (Wildman–Crippen LogP) is 0.159. The van der Waals surface area contributed by atoms with Crippen LogP contribution in [0.4, 0.5) is 4.79 Å². The van der Waals surface area contributed by atoms with E-state index in [1.807, 2.05) is 10.8 Å². The molecule has 220 valence electrons. The summed E-state index contributed by atoms with van der Waals surface area (Å²) in [6.07, 6.45) is 5.29. The number of allylic oxidation sites excluding steroid dienone is 1. The van der Waals surface area contributed by atoms with Crippen molar-refractivity contribution >= 4 is 34.0 Å². The van der Waals surface area contributed by atoms with E-state index in [-0.39, 0.29) is 19.4 Å². The summed E-state index contributed by atoms with van der Waals surface area (Å²) in [4.78, 5) is 54.0. The van der Waals surface area contributed by atoms with Crippen LogP contribution in [0.25, 0.3) is 0 Å². The van der Waals surface area contributed by atoms with E-state index in [1.165, 1.54) is 19.0 Å². The Balaban J connectivity index is 1.88. The first-order valence-electron chi connectivity index (χ1n) is 13.3. The molecule has 2 heterocycles. The van der Waals surface area contributed by atoms with E-state index >= 15 is 0 Å². The number of amides is 4. The molecule has 1 saturated heterocycles. The Morgan fingerprint density at radius 3 is 2.54 bits per heavy atom. The van der Waals surface area contributed by atoms with Gasteiger partial charge in [0.2, 0.25) is 11.8 Å². The molecule has 0 aromatic rings. The highest BCUT2D eigenvalue weighted by molar-refractivity contribution is 7.87. The first-order valence-corrected chi connectivity index (χ1v) is 14.7. The molecule has 14 heteroatoms. The average Bonchev–Trinajstić information content (AvgIpc) is 3.35. The van der Waals surface area contributed by atoms with Crippen LogP contribution in [0.2, 0.25) is 0 Å². The third-order valence-electron chi connectivity index (χ3n) is 7.05. The van der Waals surface area contributed by atoms with Gasteiger partial charge in [-0.05, 0) is 46.5 Å². The first-order chi connectivity index (χ1) is 18.1. The topological polar surface area (TPSA) is 174 Å². The minimum Gasteiger partial charge on any atom is -0.444 e. The van der Waals surface area contributed by atoms with Crippen LogP contribution < -0.4 is 15.4 Å². The molecule has 0 aromatic heterocycles. The maximum absolute atomic E-state index is 13.6. The van der Waals surface area contributed by atoms with Crippen LogP contribution in [-0.2, 0) is 29.3 Å². The standard InChI is InChI=1S/C25H41N5O8S/c1-24(2,3)38-23(35)26-18-12-10-8-6-7-9-11-16-14-25(16,22(34)28-39(36,37)29(4)5)27-20(32)19-13-17(31)15-30(19)21(18)33/h9,11,16-19,31H,6-8,10,12-15H2,1-5H3,(H,26,35)(H,27,32)(H,28,34)/t16-,17-,18+,19+,25-/m1/s1. The molecule has 13 nitrogen and oxygen atoms in total. The predicted molar refractivity (Wildman–Crippen MR) is 141 cm³/mol. The van der Waals surface area contributed by atoms with Gasteiger partial charge in [0.15, 0.2) is 0 Å². The number of ether oxygens (including phenoxy) is 1. The maximum Gasteiger partial charge on any atom is 0.408 e. The lowest BCUT2D eigenvalue weighted by molar-refractivity contribution is -0.141. The van der Waals surface area contributed by atoms with Crippen molar-refractivity contribution in [3.05, 3.63) is 12.2 Å². The number of aliphatic hydroxyl groups is 1. The molecule has 2 aliphatic heterocycles. The molecule has 0 unspecified atom stereocenters. The zero-order chi connectivity index (χ0) is 29.2. The Hall–Kier alpha value is -2.71. The molecule has 5 atom stereocenters. The second kappa shape index (κ2) is 11.8. The number of nitrogens with zero attached hydrogens (tertiary/aromatic N) is 2. The molecular weight excluding hydrogens is 530 g/mol. The number of carbonyl (C=O) groups is 4. The summed E-state index contributed by atoms with van der Waals surface area (Å²) in [5.41, 5.74) is -2.28. The van der Waals surface area contributed by atoms with Crippen LogP contribution in [0.1, 0.15) is 65.7 Å². The number of aliphatic hydroxyl groups excluding tert-OH is 1. The lowest BCUT2D eigenvalue weighted by Crippen LogP contribution is -2.58. The molecule has 0 aromatic carbocycles. The summed E-state index contributed by atoms with van der Waals surface area (Å²) in [6, 6.07) is -2.08. The molecule has 3 aliphatic rings. The number of fused-ring (bicyclic) bond motifs is 2. The van der Waals surface area contributed by atoms with E-state index in [1.54, 1.807) is 26.8 Å². The lowest BCUT2D eigenvalue weighted by Gasteiger charge is -2.30. The largest absolute Gasteiger partial charge is 0.444 e. The molecule has 39 heavy (non-hydrogen) atoms. The molecule has 3 rings (SSSR count). The van der Waals surface area contributed by atoms with Crippen molar-refractivity contribution in [1.82, 2.24) is 24.6 Å². The average molecular weight is 572 g/mol. The molecule has 4 N–H and O–H groups in total. The number of nitrogens with one attached hydrogen (secondary N) is 3. The lowest BCUT2D eigenvalue weighted by atomic mass is 10.0. The Morgan fingerprint density at radius 2 is 1.90 bits per heavy atom. The Labute approximate surface area is 229 Å². The fourth-order valence-electron chi connectivity index (χ4n) is 4.85. The number of alkyl carbamates (subject to hydrolysis) is 1. The summed E-state index contributed by atoms with van der Waals surface area (Å²) >= 11 is 0. The van der Waals surface area contributed by atoms with Crippen molar-refractivity contribution in [2.24, 2.45) is 5.92 Å². The molecule has 1 saturated carbocycles. The fourth-order valence-corrected chi connectivity index (χ4v) is 5.44. The van der Waals surface area contributed by atoms with Gasteiger partial charge in [0.1, 0.15) is 23.2 Å². The van der Waals surface area contributed by atoms with Gasteiger partial charge in [0, 0.05) is 33.0 Å². The number of carbonyl (C=O) groups excluding carboxylic acids is 4. The molecule has 1 aliphatic carbocycles. The van der Waals surface area contributed by atoms with E-state index in [9.17, 15) is 32.7 Å². The number of hydrogen-bond acceptors (Lipinski definition) is 8. The number of hydrogen-bond donors (Lipinski definition) is 4. The molecular formula is C25H41N5O8S. The van der Waals surface area contributed by atoms with Gasteiger partial charge in [-0.25, -0.2) is 9.52 Å². The van der Waals surface area contributed by atoms with Crippen molar-refractivity contribution < 1.29 is 37.4 Å². The summed E-state index contributed by atoms with van der Waals surface area (Å²) in [5.74, 6) is -2.52. The zero-order valence-electron chi connectivity index (χ0n) is 23.2. The van der Waals surface area contributed by atoms with E-state index in [4.69, 9.17) is 4.74 Å². The van der Waals surface area contributed by atoms with Gasteiger partial charge < -0.3 is 25.4 Å². The molecule has 2 fully saturated rings. The van der Waals surface area contributed by atoms with Crippen molar-refractivity contribution in [3.63, 3.8) is 0 Å². The van der Waals surface area contributed by atoms with Crippen LogP contribution in [-0.4, -0.2) is 96.5 Å². The second-order valence-electron chi connectivity index (χ2n) is 11.7. The summed E-state index contributed by atoms with van der Waals surface area (Å²) in [6.45, 7) is 4.99. The van der Waals surface area contributed by atoms with Crippen molar-refractivity contribution in [1.29, 1.82) is 0 Å². The molecule has 0 bridgehead atoms. The highest BCUT2D eigenvalue weighted by Crippen LogP contribution is 2.45. The number of rotatable bonds is 4. The van der Waals surface area contributed by atoms with Crippen molar-refractivity contribution in [2.45, 2.75) is 95.0 Å². The van der Waals surface area contributed by atoms with Crippen molar-refractivity contribution in [2.75, 3.05) is 20.6 Å². The van der Waals surface area contributed by atoms with Crippen LogP contribution in [0.15, 0.2) is 12.2 Å². The molecule has 0 spiro atoms. The second-order valence-corrected chi connectivity index (χ2v) is 13.5. The highest BCUT2D eigenvalue weighted by Gasteiger charge is 2.61. The third-order valence-corrected chi connectivity index (χ3v) is 8.46. The molecule has 4 amide bonds. The van der Waals surface area contributed by atoms with Crippen LogP contribution in [0.3, 0.4) is 0 Å². The van der Waals surface area contributed by atoms with E-state index < -0.39 is 69.3 Å². The minimum atomic E-state index is -4.11. The van der Waals surface area contributed by atoms with Crippen molar-refractivity contribution in [3.8, 4) is 0 Å². The Morgan fingerprint density at radius 1 is 1.21 bits per heavy atom. The monoisotopic (exact) mass is 571 g/mol. The highest BCUT2D eigenvalue weighted by atomic mass is 32.2. The van der Waals surface area contributed by atoms with Gasteiger partial charge in [0.05, 0.1) is 6.10 Å². The quantitative estimate of drug-likeness (QED) is 0.345. The summed E-state index contributed by atoms with van der Waals surface area (Å²) in [7, 11) is -1.56. The van der Waals surface area contributed by atoms with Gasteiger partial charge in [-0.3, -0.25) is 14.4 Å². The minimum absolute atomic E-state index is 0.0646. The van der Waals surface area contributed by atoms with Gasteiger partial charge in [-0.15, -0.1) is 0 Å². The maximum atomic E-state index is 13.6. The van der Waals surface area contributed by atoms with Crippen LogP contribution >= 0.6 is 0 Å². The first kappa shape index (κ1) is 30.8. The van der Waals surface area contributed by atoms with Gasteiger partial charge in [-0.1, -0.05) is 25.0 Å². The third kappa shape index (κ3) is 7.70. The normalized spacial score (nSPS) is 30.4. The SMILES string of the molecule is CN(C)S(=O)(=O)NC(=O)[C@@]12C[C@H]1C=CCCCCC[C@H](NC(=O)OC(C)(C)C)C(=O)N1C[C@H](O)C[C@H]1C(=O)N2. The Kier molecular flexibility index (Phi) is 9.33. The van der Waals surface area contributed by atoms with Crippen LogP contribution in [0.5, 0.6) is 0 Å². The molecule has 0 radical (unpaired) electrons. The van der Waals surface area contributed by atoms with Gasteiger partial charge >= 0.3 is 16.3 Å². The van der Waals surface area contributed by atoms with E-state index in [2.05, 4.69) is 10.6 Å². The van der Waals surface area contributed by atoms with Gasteiger partial charge in [0.25, 0.3) is 5.91 Å². The van der Waals surface area contributed by atoms with Gasteiger partial charge in [-0.2, -0.15) is 12.7 Å². The summed E-state index contributed by atoms with van der Waals surface area (Å²) in [5, 5.41) is 15.7. The fraction of sp³-hybridized carbons (Fsp3) is 0.760. The smallest absolute Gasteiger partial charge is 0.408 e. The van der Waals surface area contributed by atoms with E-state index in [0.29, 0.717) is 19.3 Å². The Bertz CT molecular complexity index is 1100. The van der Waals surface area contributed by atoms with Crippen LogP contribution in [0, 0.1) is 5.92 Å². The summed E-state index contributed by atoms with van der Waals surface area (Å²) < 4.78 is 32.9.